The van der Waals surface area contributed by atoms with Crippen molar-refractivity contribution in [2.45, 2.75) is 38.1 Å². The van der Waals surface area contributed by atoms with E-state index in [9.17, 15) is 14.4 Å². The smallest absolute Gasteiger partial charge is 0.325 e. The molecule has 2 aliphatic rings. The van der Waals surface area contributed by atoms with Crippen LogP contribution in [0.3, 0.4) is 0 Å². The number of urea groups is 1. The summed E-state index contributed by atoms with van der Waals surface area (Å²) in [4.78, 5) is 44.0. The summed E-state index contributed by atoms with van der Waals surface area (Å²) in [5, 5.41) is 3.72. The lowest BCUT2D eigenvalue weighted by Gasteiger charge is -2.36. The Hall–Kier alpha value is -3.41. The van der Waals surface area contributed by atoms with E-state index < -0.39 is 11.6 Å². The Labute approximate surface area is 180 Å². The molecule has 3 amide bonds. The second kappa shape index (κ2) is 7.38. The summed E-state index contributed by atoms with van der Waals surface area (Å²) in [6.45, 7) is 1.75. The maximum atomic E-state index is 13.5. The Morgan fingerprint density at radius 3 is 2.58 bits per heavy atom. The number of fused-ring (bicyclic) bond motifs is 1. The molecule has 1 saturated carbocycles. The fourth-order valence-corrected chi connectivity index (χ4v) is 5.11. The van der Waals surface area contributed by atoms with Gasteiger partial charge in [0.25, 0.3) is 5.91 Å². The van der Waals surface area contributed by atoms with Crippen LogP contribution in [0.15, 0.2) is 54.6 Å². The minimum absolute atomic E-state index is 0.0609. The average molecular weight is 415 g/mol. The third-order valence-corrected chi connectivity index (χ3v) is 6.85. The van der Waals surface area contributed by atoms with E-state index in [4.69, 9.17) is 0 Å². The Bertz CT molecular complexity index is 1180. The van der Waals surface area contributed by atoms with Crippen molar-refractivity contribution in [1.82, 2.24) is 15.2 Å². The van der Waals surface area contributed by atoms with Crippen molar-refractivity contribution in [3.8, 4) is 11.3 Å². The minimum Gasteiger partial charge on any atom is -0.354 e. The zero-order valence-corrected chi connectivity index (χ0v) is 17.5. The SMILES string of the molecule is C[C@H]1CCCC[C@@]12NC(=O)N(CC(=O)c1c(-c3ccccc3)[nH]c3ccccc13)C2=O. The van der Waals surface area contributed by atoms with Crippen LogP contribution in [0.4, 0.5) is 4.79 Å². The molecule has 158 valence electrons. The van der Waals surface area contributed by atoms with Gasteiger partial charge in [-0.2, -0.15) is 0 Å². The molecule has 6 heteroatoms. The Balaban J connectivity index is 1.51. The standard InChI is InChI=1S/C25H25N3O3/c1-16-9-7-8-14-25(16)23(30)28(24(31)27-25)15-20(29)21-18-12-5-6-13-19(18)26-22(21)17-10-3-2-4-11-17/h2-6,10-13,16,26H,7-9,14-15H2,1H3,(H,27,31)/t16-,25+/m0/s1. The van der Waals surface area contributed by atoms with Gasteiger partial charge in [-0.05, 0) is 30.4 Å². The highest BCUT2D eigenvalue weighted by molar-refractivity contribution is 6.17. The topological polar surface area (TPSA) is 82.3 Å². The molecule has 1 saturated heterocycles. The monoisotopic (exact) mass is 415 g/mol. The van der Waals surface area contributed by atoms with Crippen molar-refractivity contribution in [2.24, 2.45) is 5.92 Å². The zero-order valence-electron chi connectivity index (χ0n) is 17.5. The summed E-state index contributed by atoms with van der Waals surface area (Å²) in [7, 11) is 0. The van der Waals surface area contributed by atoms with Gasteiger partial charge >= 0.3 is 6.03 Å². The van der Waals surface area contributed by atoms with Gasteiger partial charge in [-0.15, -0.1) is 0 Å². The number of imide groups is 1. The van der Waals surface area contributed by atoms with Crippen LogP contribution in [0.1, 0.15) is 43.0 Å². The predicted molar refractivity (Wildman–Crippen MR) is 119 cm³/mol. The number of aromatic nitrogens is 1. The number of nitrogens with one attached hydrogen (secondary N) is 2. The molecule has 0 radical (unpaired) electrons. The third-order valence-electron chi connectivity index (χ3n) is 6.85. The minimum atomic E-state index is -0.863. The van der Waals surface area contributed by atoms with Crippen LogP contribution in [0, 0.1) is 5.92 Å². The first kappa shape index (κ1) is 19.5. The highest BCUT2D eigenvalue weighted by Gasteiger charge is 2.55. The second-order valence-corrected chi connectivity index (χ2v) is 8.65. The number of ketones is 1. The quantitative estimate of drug-likeness (QED) is 0.486. The van der Waals surface area contributed by atoms with Crippen LogP contribution in [-0.2, 0) is 4.79 Å². The fraction of sp³-hybridized carbons (Fsp3) is 0.320. The first-order valence-electron chi connectivity index (χ1n) is 10.8. The van der Waals surface area contributed by atoms with E-state index in [-0.39, 0.29) is 24.2 Å². The lowest BCUT2D eigenvalue weighted by atomic mass is 9.73. The van der Waals surface area contributed by atoms with Gasteiger partial charge in [0.05, 0.1) is 17.8 Å². The summed E-state index contributed by atoms with van der Waals surface area (Å²) < 4.78 is 0. The van der Waals surface area contributed by atoms with Gasteiger partial charge in [0.15, 0.2) is 5.78 Å². The van der Waals surface area contributed by atoms with Gasteiger partial charge in [-0.3, -0.25) is 14.5 Å². The molecule has 2 fully saturated rings. The number of benzene rings is 2. The molecule has 2 aromatic carbocycles. The van der Waals surface area contributed by atoms with E-state index in [1.165, 1.54) is 0 Å². The molecule has 3 aromatic rings. The molecule has 6 nitrogen and oxygen atoms in total. The van der Waals surface area contributed by atoms with Crippen molar-refractivity contribution in [3.05, 3.63) is 60.2 Å². The molecule has 5 rings (SSSR count). The van der Waals surface area contributed by atoms with Gasteiger partial charge in [0.2, 0.25) is 0 Å². The summed E-state index contributed by atoms with van der Waals surface area (Å²) in [5.41, 5.74) is 2.09. The number of carbonyl (C=O) groups excluding carboxylic acids is 3. The number of Topliss-reactive ketones (excluding diaryl/α,β-unsaturated/α-hetero) is 1. The molecule has 1 aliphatic heterocycles. The predicted octanol–water partition coefficient (Wildman–Crippen LogP) is 4.52. The molecular formula is C25H25N3O3. The molecule has 1 aromatic heterocycles. The summed E-state index contributed by atoms with van der Waals surface area (Å²) in [5.74, 6) is -0.453. The number of H-pyrrole nitrogens is 1. The van der Waals surface area contributed by atoms with Crippen LogP contribution in [0.5, 0.6) is 0 Å². The maximum Gasteiger partial charge on any atom is 0.325 e. The van der Waals surface area contributed by atoms with Crippen molar-refractivity contribution in [2.75, 3.05) is 6.54 Å². The van der Waals surface area contributed by atoms with E-state index >= 15 is 0 Å². The Morgan fingerprint density at radius 2 is 1.81 bits per heavy atom. The molecule has 1 aliphatic carbocycles. The van der Waals surface area contributed by atoms with Crippen LogP contribution in [-0.4, -0.2) is 39.7 Å². The molecule has 1 spiro atoms. The summed E-state index contributed by atoms with van der Waals surface area (Å²) >= 11 is 0. The third kappa shape index (κ3) is 3.05. The molecular weight excluding hydrogens is 390 g/mol. The highest BCUT2D eigenvalue weighted by atomic mass is 16.2. The van der Waals surface area contributed by atoms with Gasteiger partial charge in [0.1, 0.15) is 5.54 Å². The first-order valence-corrected chi connectivity index (χ1v) is 10.8. The van der Waals surface area contributed by atoms with Crippen molar-refractivity contribution >= 4 is 28.6 Å². The summed E-state index contributed by atoms with van der Waals surface area (Å²) in [6.07, 6.45) is 3.49. The molecule has 0 unspecified atom stereocenters. The second-order valence-electron chi connectivity index (χ2n) is 8.65. The largest absolute Gasteiger partial charge is 0.354 e. The Morgan fingerprint density at radius 1 is 1.06 bits per heavy atom. The van der Waals surface area contributed by atoms with Crippen LogP contribution < -0.4 is 5.32 Å². The highest BCUT2D eigenvalue weighted by Crippen LogP contribution is 2.38. The van der Waals surface area contributed by atoms with E-state index in [2.05, 4.69) is 10.3 Å². The lowest BCUT2D eigenvalue weighted by Crippen LogP contribution is -2.54. The van der Waals surface area contributed by atoms with Gasteiger partial charge in [-0.25, -0.2) is 4.79 Å². The van der Waals surface area contributed by atoms with Crippen molar-refractivity contribution in [1.29, 1.82) is 0 Å². The van der Waals surface area contributed by atoms with E-state index in [1.54, 1.807) is 0 Å². The zero-order chi connectivity index (χ0) is 21.6. The van der Waals surface area contributed by atoms with E-state index in [1.807, 2.05) is 61.5 Å². The van der Waals surface area contributed by atoms with Crippen molar-refractivity contribution < 1.29 is 14.4 Å². The lowest BCUT2D eigenvalue weighted by molar-refractivity contribution is -0.133. The van der Waals surface area contributed by atoms with Gasteiger partial charge in [0, 0.05) is 10.9 Å². The molecule has 2 heterocycles. The normalized spacial score (nSPS) is 23.5. The number of amides is 3. The van der Waals surface area contributed by atoms with Crippen LogP contribution >= 0.6 is 0 Å². The van der Waals surface area contributed by atoms with Crippen LogP contribution in [0.25, 0.3) is 22.2 Å². The van der Waals surface area contributed by atoms with E-state index in [0.717, 1.165) is 40.6 Å². The maximum absolute atomic E-state index is 13.5. The molecule has 31 heavy (non-hydrogen) atoms. The molecule has 0 bridgehead atoms. The number of aromatic amines is 1. The number of hydrogen-bond acceptors (Lipinski definition) is 3. The van der Waals surface area contributed by atoms with Crippen molar-refractivity contribution in [3.63, 3.8) is 0 Å². The van der Waals surface area contributed by atoms with Crippen LogP contribution in [0.2, 0.25) is 0 Å². The number of rotatable bonds is 4. The van der Waals surface area contributed by atoms with Gasteiger partial charge < -0.3 is 10.3 Å². The first-order chi connectivity index (χ1) is 15.0. The number of para-hydroxylation sites is 1. The molecule has 2 atom stereocenters. The fourth-order valence-electron chi connectivity index (χ4n) is 5.11. The number of nitrogens with zero attached hydrogens (tertiary/aromatic N) is 1. The van der Waals surface area contributed by atoms with Gasteiger partial charge in [-0.1, -0.05) is 68.3 Å². The summed E-state index contributed by atoms with van der Waals surface area (Å²) in [6, 6.07) is 16.8. The number of hydrogen-bond donors (Lipinski definition) is 2. The molecule has 2 N–H and O–H groups in total. The number of carbonyl (C=O) groups is 3. The average Bonchev–Trinajstić information content (AvgIpc) is 3.28. The Kier molecular flexibility index (Phi) is 4.65. The van der Waals surface area contributed by atoms with E-state index in [0.29, 0.717) is 17.7 Å².